The molecule has 2 N–H and O–H groups in total. The number of aromatic amines is 1. The zero-order chi connectivity index (χ0) is 28.7. The Balaban J connectivity index is 1.30. The summed E-state index contributed by atoms with van der Waals surface area (Å²) in [7, 11) is 1.62. The number of anilines is 2. The van der Waals surface area contributed by atoms with Crippen LogP contribution in [0.25, 0.3) is 10.9 Å². The molecule has 2 aliphatic rings. The van der Waals surface area contributed by atoms with Crippen molar-refractivity contribution in [1.29, 1.82) is 0 Å². The molecular weight excluding hydrogens is 520 g/mol. The van der Waals surface area contributed by atoms with Crippen molar-refractivity contribution >= 4 is 40.1 Å². The topological polar surface area (TPSA) is 104 Å². The van der Waals surface area contributed by atoms with Gasteiger partial charge in [0.25, 0.3) is 11.8 Å². The van der Waals surface area contributed by atoms with E-state index in [4.69, 9.17) is 9.47 Å². The van der Waals surface area contributed by atoms with Crippen molar-refractivity contribution in [3.8, 4) is 11.5 Å². The predicted molar refractivity (Wildman–Crippen MR) is 157 cm³/mol. The average Bonchev–Trinajstić information content (AvgIpc) is 3.46. The highest BCUT2D eigenvalue weighted by molar-refractivity contribution is 6.26. The van der Waals surface area contributed by atoms with E-state index in [2.05, 4.69) is 17.2 Å². The highest BCUT2D eigenvalue weighted by atomic mass is 16.5. The maximum absolute atomic E-state index is 14.2. The number of carbonyl (C=O) groups is 3. The average molecular weight is 553 g/mol. The number of rotatable bonds is 8. The number of aromatic nitrogens is 1. The van der Waals surface area contributed by atoms with Gasteiger partial charge in [0, 0.05) is 23.1 Å². The van der Waals surface area contributed by atoms with Crippen LogP contribution in [-0.2, 0) is 16.8 Å². The summed E-state index contributed by atoms with van der Waals surface area (Å²) in [5.74, 6) is 0.621. The SMILES string of the molecule is CCCCOc1ccc(NC(=O)c2ccccc2N2C(=O)N3CCc4c([nH]c5ccc(OC)cc45)C3(C)C2=O)cc1. The second kappa shape index (κ2) is 10.3. The molecule has 4 amide bonds. The number of hydrogen-bond acceptors (Lipinski definition) is 5. The number of nitrogens with one attached hydrogen (secondary N) is 2. The van der Waals surface area contributed by atoms with Crippen LogP contribution in [0.1, 0.15) is 48.3 Å². The molecule has 1 aromatic heterocycles. The Hall–Kier alpha value is -4.79. The van der Waals surface area contributed by atoms with E-state index in [0.29, 0.717) is 31.0 Å². The lowest BCUT2D eigenvalue weighted by Crippen LogP contribution is -2.49. The normalized spacial score (nSPS) is 17.9. The van der Waals surface area contributed by atoms with Crippen molar-refractivity contribution in [2.75, 3.05) is 30.5 Å². The zero-order valence-corrected chi connectivity index (χ0v) is 23.3. The lowest BCUT2D eigenvalue weighted by molar-refractivity contribution is -0.125. The fourth-order valence-corrected chi connectivity index (χ4v) is 5.79. The number of benzene rings is 3. The maximum atomic E-state index is 14.2. The van der Waals surface area contributed by atoms with Gasteiger partial charge in [-0.25, -0.2) is 9.69 Å². The first-order chi connectivity index (χ1) is 19.9. The van der Waals surface area contributed by atoms with Gasteiger partial charge in [0.2, 0.25) is 0 Å². The molecule has 3 aromatic carbocycles. The second-order valence-electron chi connectivity index (χ2n) is 10.5. The Bertz CT molecular complexity index is 1660. The van der Waals surface area contributed by atoms with E-state index in [1.165, 1.54) is 0 Å². The molecule has 2 aliphatic heterocycles. The van der Waals surface area contributed by atoms with Crippen LogP contribution in [-0.4, -0.2) is 48.0 Å². The zero-order valence-electron chi connectivity index (χ0n) is 23.3. The van der Waals surface area contributed by atoms with E-state index in [-0.39, 0.29) is 11.3 Å². The Morgan fingerprint density at radius 1 is 1.05 bits per heavy atom. The molecule has 1 atom stereocenters. The van der Waals surface area contributed by atoms with E-state index < -0.39 is 23.4 Å². The quantitative estimate of drug-likeness (QED) is 0.211. The number of methoxy groups -OCH3 is 1. The number of H-pyrrole nitrogens is 1. The summed E-state index contributed by atoms with van der Waals surface area (Å²) < 4.78 is 11.1. The maximum Gasteiger partial charge on any atom is 0.332 e. The summed E-state index contributed by atoms with van der Waals surface area (Å²) in [4.78, 5) is 47.6. The van der Waals surface area contributed by atoms with Crippen molar-refractivity contribution in [2.45, 2.75) is 38.6 Å². The summed E-state index contributed by atoms with van der Waals surface area (Å²) in [6, 6.07) is 19.1. The third-order valence-electron chi connectivity index (χ3n) is 8.04. The number of carbonyl (C=O) groups excluding carboxylic acids is 3. The Morgan fingerprint density at radius 2 is 1.80 bits per heavy atom. The fraction of sp³-hybridized carbons (Fsp3) is 0.281. The fourth-order valence-electron chi connectivity index (χ4n) is 5.79. The van der Waals surface area contributed by atoms with Gasteiger partial charge in [0.05, 0.1) is 30.7 Å². The van der Waals surface area contributed by atoms with E-state index >= 15 is 0 Å². The minimum Gasteiger partial charge on any atom is -0.497 e. The minimum absolute atomic E-state index is 0.225. The van der Waals surface area contributed by atoms with Crippen LogP contribution in [0.4, 0.5) is 16.2 Å². The molecule has 0 saturated carbocycles. The van der Waals surface area contributed by atoms with Crippen molar-refractivity contribution in [2.24, 2.45) is 0 Å². The number of hydrogen-bond donors (Lipinski definition) is 2. The monoisotopic (exact) mass is 552 g/mol. The number of unbranched alkanes of at least 4 members (excludes halogenated alkanes) is 1. The Kier molecular flexibility index (Phi) is 6.65. The Labute approximate surface area is 238 Å². The van der Waals surface area contributed by atoms with Gasteiger partial charge < -0.3 is 24.7 Å². The van der Waals surface area contributed by atoms with E-state index in [1.807, 2.05) is 18.2 Å². The van der Waals surface area contributed by atoms with Crippen LogP contribution in [0.15, 0.2) is 66.7 Å². The van der Waals surface area contributed by atoms with Crippen molar-refractivity contribution < 1.29 is 23.9 Å². The molecule has 0 spiro atoms. The van der Waals surface area contributed by atoms with Gasteiger partial charge >= 0.3 is 6.03 Å². The molecular formula is C32H32N4O5. The molecule has 0 radical (unpaired) electrons. The van der Waals surface area contributed by atoms with Gasteiger partial charge in [-0.15, -0.1) is 0 Å². The molecule has 210 valence electrons. The summed E-state index contributed by atoms with van der Waals surface area (Å²) in [5.41, 5.74) is 2.36. The van der Waals surface area contributed by atoms with Gasteiger partial charge in [-0.2, -0.15) is 0 Å². The first-order valence-corrected chi connectivity index (χ1v) is 13.8. The number of urea groups is 1. The molecule has 9 nitrogen and oxygen atoms in total. The highest BCUT2D eigenvalue weighted by Crippen LogP contribution is 2.46. The molecule has 0 aliphatic carbocycles. The standard InChI is InChI=1S/C32H32N4O5/c1-4-5-18-41-21-12-10-20(11-13-21)33-29(37)24-8-6-7-9-27(24)36-30(38)32(2)28-23(16-17-35(32)31(36)39)25-19-22(40-3)14-15-26(25)34-28/h6-15,19,34H,4-5,16-18H2,1-3H3,(H,33,37). The molecule has 1 fully saturated rings. The van der Waals surface area contributed by atoms with Crippen LogP contribution in [0.2, 0.25) is 0 Å². The van der Waals surface area contributed by atoms with Crippen molar-refractivity contribution in [3.63, 3.8) is 0 Å². The molecule has 1 unspecified atom stereocenters. The van der Waals surface area contributed by atoms with Crippen LogP contribution in [0.5, 0.6) is 11.5 Å². The third-order valence-corrected chi connectivity index (χ3v) is 8.04. The van der Waals surface area contributed by atoms with Crippen LogP contribution >= 0.6 is 0 Å². The molecule has 6 rings (SSSR count). The summed E-state index contributed by atoms with van der Waals surface area (Å²) in [6.45, 7) is 4.88. The van der Waals surface area contributed by atoms with E-state index in [0.717, 1.165) is 45.7 Å². The second-order valence-corrected chi connectivity index (χ2v) is 10.5. The van der Waals surface area contributed by atoms with Gasteiger partial charge in [-0.05, 0) is 79.9 Å². The van der Waals surface area contributed by atoms with Crippen molar-refractivity contribution in [1.82, 2.24) is 9.88 Å². The number of nitrogens with zero attached hydrogens (tertiary/aromatic N) is 2. The van der Waals surface area contributed by atoms with Crippen LogP contribution in [0.3, 0.4) is 0 Å². The molecule has 4 aromatic rings. The van der Waals surface area contributed by atoms with E-state index in [9.17, 15) is 14.4 Å². The number of fused-ring (bicyclic) bond motifs is 5. The summed E-state index contributed by atoms with van der Waals surface area (Å²) in [6.07, 6.45) is 2.60. The smallest absolute Gasteiger partial charge is 0.332 e. The van der Waals surface area contributed by atoms with Crippen LogP contribution in [0, 0.1) is 0 Å². The van der Waals surface area contributed by atoms with E-state index in [1.54, 1.807) is 67.5 Å². The first kappa shape index (κ1) is 26.4. The molecule has 0 bridgehead atoms. The molecule has 41 heavy (non-hydrogen) atoms. The highest BCUT2D eigenvalue weighted by Gasteiger charge is 2.59. The van der Waals surface area contributed by atoms with Gasteiger partial charge in [-0.1, -0.05) is 25.5 Å². The molecule has 3 heterocycles. The summed E-state index contributed by atoms with van der Waals surface area (Å²) >= 11 is 0. The Morgan fingerprint density at radius 3 is 2.56 bits per heavy atom. The molecule has 1 saturated heterocycles. The third kappa shape index (κ3) is 4.28. The lowest BCUT2D eigenvalue weighted by atomic mass is 9.87. The first-order valence-electron chi connectivity index (χ1n) is 13.8. The number of ether oxygens (including phenoxy) is 2. The van der Waals surface area contributed by atoms with Crippen molar-refractivity contribution in [3.05, 3.63) is 83.6 Å². The minimum atomic E-state index is -1.24. The number of para-hydroxylation sites is 1. The van der Waals surface area contributed by atoms with Gasteiger partial charge in [0.15, 0.2) is 5.54 Å². The summed E-state index contributed by atoms with van der Waals surface area (Å²) in [5, 5.41) is 3.86. The lowest BCUT2D eigenvalue weighted by Gasteiger charge is -2.35. The largest absolute Gasteiger partial charge is 0.497 e. The number of imide groups is 1. The van der Waals surface area contributed by atoms with Crippen LogP contribution < -0.4 is 19.7 Å². The molecule has 9 heteroatoms. The van der Waals surface area contributed by atoms with Gasteiger partial charge in [0.1, 0.15) is 11.5 Å². The van der Waals surface area contributed by atoms with Gasteiger partial charge in [-0.3, -0.25) is 9.59 Å². The number of amides is 4. The predicted octanol–water partition coefficient (Wildman–Crippen LogP) is 5.85.